The molecule has 0 saturated heterocycles. The van der Waals surface area contributed by atoms with Gasteiger partial charge in [-0.1, -0.05) is 54.6 Å². The topological polar surface area (TPSA) is 46.5 Å². The lowest BCUT2D eigenvalue weighted by molar-refractivity contribution is 0.0600. The lowest BCUT2D eigenvalue weighted by Gasteiger charge is -1.95. The predicted molar refractivity (Wildman–Crippen MR) is 77.2 cm³/mol. The van der Waals surface area contributed by atoms with Crippen LogP contribution in [0.25, 0.3) is 0 Å². The largest absolute Gasteiger partial charge is 0.465 e. The van der Waals surface area contributed by atoms with E-state index >= 15 is 0 Å². The molecule has 0 aliphatic rings. The number of methoxy groups -OCH3 is 1. The molecule has 0 fully saturated rings. The maximum absolute atomic E-state index is 10.8. The summed E-state index contributed by atoms with van der Waals surface area (Å²) in [6.45, 7) is 4.00. The first-order valence-corrected chi connectivity index (χ1v) is 6.96. The fourth-order valence-corrected chi connectivity index (χ4v) is 0.692. The molecule has 0 aliphatic heterocycles. The summed E-state index contributed by atoms with van der Waals surface area (Å²) in [5.74, 6) is -0.291. The van der Waals surface area contributed by atoms with Gasteiger partial charge in [-0.2, -0.15) is 0 Å². The third-order valence-electron chi connectivity index (χ3n) is 1.19. The van der Waals surface area contributed by atoms with E-state index in [1.54, 1.807) is 24.3 Å². The van der Waals surface area contributed by atoms with Crippen LogP contribution in [-0.4, -0.2) is 30.2 Å². The fourth-order valence-electron chi connectivity index (χ4n) is 0.692. The van der Waals surface area contributed by atoms with Crippen LogP contribution in [0.2, 0.25) is 0 Å². The van der Waals surface area contributed by atoms with Crippen LogP contribution in [0.3, 0.4) is 0 Å². The molecule has 1 rings (SSSR count). The van der Waals surface area contributed by atoms with Gasteiger partial charge in [0.05, 0.1) is 12.7 Å². The second kappa shape index (κ2) is 19.9. The lowest BCUT2D eigenvalue weighted by atomic mass is 10.2. The number of hydrogen-bond donors (Lipinski definition) is 1. The van der Waals surface area contributed by atoms with Crippen molar-refractivity contribution in [3.63, 3.8) is 0 Å². The Hall–Kier alpha value is -0.620. The van der Waals surface area contributed by atoms with Crippen molar-refractivity contribution in [1.82, 2.24) is 0 Å². The van der Waals surface area contributed by atoms with Crippen molar-refractivity contribution in [2.45, 2.75) is 13.8 Å². The van der Waals surface area contributed by atoms with E-state index in [4.69, 9.17) is 5.11 Å². The van der Waals surface area contributed by atoms with Gasteiger partial charge in [-0.3, -0.25) is 0 Å². The quantitative estimate of drug-likeness (QED) is 0.485. The molecule has 0 aromatic heterocycles. The molecule has 0 atom stereocenters. The summed E-state index contributed by atoms with van der Waals surface area (Å²) < 4.78 is 4.50. The van der Waals surface area contributed by atoms with Crippen molar-refractivity contribution >= 4 is 28.6 Å². The van der Waals surface area contributed by atoms with E-state index in [2.05, 4.69) is 27.3 Å². The Balaban J connectivity index is -0.000000245. The van der Waals surface area contributed by atoms with Gasteiger partial charge in [0.1, 0.15) is 0 Å². The van der Waals surface area contributed by atoms with Gasteiger partial charge >= 0.3 is 5.97 Å². The van der Waals surface area contributed by atoms with Crippen LogP contribution in [0.4, 0.5) is 0 Å². The van der Waals surface area contributed by atoms with Crippen molar-refractivity contribution in [2.24, 2.45) is 0 Å². The molecule has 0 radical (unpaired) electrons. The summed E-state index contributed by atoms with van der Waals surface area (Å²) in [7, 11) is 2.37. The smallest absolute Gasteiger partial charge is 0.337 e. The molecule has 1 aromatic rings. The number of esters is 1. The Morgan fingerprint density at radius 2 is 1.50 bits per heavy atom. The van der Waals surface area contributed by atoms with Crippen LogP contribution in [0.1, 0.15) is 24.2 Å². The maximum Gasteiger partial charge on any atom is 0.337 e. The van der Waals surface area contributed by atoms with Crippen molar-refractivity contribution < 1.29 is 14.6 Å². The molecule has 94 valence electrons. The second-order valence-corrected chi connectivity index (χ2v) is 1.86. The van der Waals surface area contributed by atoms with Crippen LogP contribution in [-0.2, 0) is 4.74 Å². The summed E-state index contributed by atoms with van der Waals surface area (Å²) in [4.78, 5) is 12.8. The molecule has 1 N–H and O–H groups in total. The van der Waals surface area contributed by atoms with Crippen molar-refractivity contribution in [1.29, 1.82) is 0 Å². The van der Waals surface area contributed by atoms with Gasteiger partial charge in [-0.05, 0) is 17.1 Å². The minimum Gasteiger partial charge on any atom is -0.465 e. The standard InChI is InChI=1S/C8H8O2.C2H6.CH3I.CH4O/c1-10-8(9)7-5-3-2-4-6-7;3*1-2/h2-6H,1H3;1-2H3;1H3;2H,1H3. The maximum atomic E-state index is 10.8. The van der Waals surface area contributed by atoms with E-state index in [0.717, 1.165) is 7.11 Å². The first-order valence-electron chi connectivity index (χ1n) is 4.80. The summed E-state index contributed by atoms with van der Waals surface area (Å²) in [5, 5.41) is 7.00. The highest BCUT2D eigenvalue weighted by Crippen LogP contribution is 1.98. The zero-order valence-corrected chi connectivity index (χ0v) is 12.7. The van der Waals surface area contributed by atoms with E-state index in [-0.39, 0.29) is 5.97 Å². The number of ether oxygens (including phenoxy) is 1. The minimum absolute atomic E-state index is 0.291. The Labute approximate surface area is 112 Å². The number of rotatable bonds is 1. The number of carbonyl (C=O) groups excluding carboxylic acids is 1. The normalized spacial score (nSPS) is 6.69. The van der Waals surface area contributed by atoms with Crippen LogP contribution in [0, 0.1) is 0 Å². The first kappa shape index (κ1) is 20.8. The van der Waals surface area contributed by atoms with E-state index in [1.165, 1.54) is 7.11 Å². The van der Waals surface area contributed by atoms with Crippen molar-refractivity contribution in [2.75, 3.05) is 19.2 Å². The average molecular weight is 340 g/mol. The first-order chi connectivity index (χ1) is 7.84. The summed E-state index contributed by atoms with van der Waals surface area (Å²) in [6.07, 6.45) is 0. The van der Waals surface area contributed by atoms with E-state index < -0.39 is 0 Å². The van der Waals surface area contributed by atoms with Crippen molar-refractivity contribution in [3.05, 3.63) is 35.9 Å². The third-order valence-corrected chi connectivity index (χ3v) is 1.19. The Morgan fingerprint density at radius 1 is 1.12 bits per heavy atom. The number of aliphatic hydroxyl groups is 1. The molecular weight excluding hydrogens is 319 g/mol. The molecule has 4 heteroatoms. The van der Waals surface area contributed by atoms with E-state index in [0.29, 0.717) is 5.56 Å². The van der Waals surface area contributed by atoms with Gasteiger partial charge in [0.25, 0.3) is 0 Å². The zero-order chi connectivity index (χ0) is 13.4. The van der Waals surface area contributed by atoms with Crippen LogP contribution < -0.4 is 0 Å². The summed E-state index contributed by atoms with van der Waals surface area (Å²) in [5.41, 5.74) is 0.588. The molecule has 1 aromatic carbocycles. The molecule has 3 nitrogen and oxygen atoms in total. The van der Waals surface area contributed by atoms with Gasteiger partial charge in [0, 0.05) is 7.11 Å². The molecule has 0 aliphatic carbocycles. The lowest BCUT2D eigenvalue weighted by Crippen LogP contribution is -1.99. The third kappa shape index (κ3) is 11.5. The molecule has 0 saturated carbocycles. The van der Waals surface area contributed by atoms with Crippen LogP contribution in [0.15, 0.2) is 30.3 Å². The average Bonchev–Trinajstić information content (AvgIpc) is 2.45. The highest BCUT2D eigenvalue weighted by molar-refractivity contribution is 14.1. The van der Waals surface area contributed by atoms with E-state index in [9.17, 15) is 4.79 Å². The van der Waals surface area contributed by atoms with Crippen LogP contribution in [0.5, 0.6) is 0 Å². The van der Waals surface area contributed by atoms with Gasteiger partial charge in [-0.15, -0.1) is 0 Å². The Bertz CT molecular complexity index is 225. The van der Waals surface area contributed by atoms with Gasteiger partial charge in [0.15, 0.2) is 0 Å². The van der Waals surface area contributed by atoms with Gasteiger partial charge in [0.2, 0.25) is 0 Å². The summed E-state index contributed by atoms with van der Waals surface area (Å²) in [6, 6.07) is 8.88. The molecule has 0 spiro atoms. The Morgan fingerprint density at radius 3 is 1.81 bits per heavy atom. The van der Waals surface area contributed by atoms with E-state index in [1.807, 2.05) is 24.8 Å². The molecule has 0 bridgehead atoms. The Kier molecular flexibility index (Phi) is 25.8. The second-order valence-electron chi connectivity index (χ2n) is 1.86. The summed E-state index contributed by atoms with van der Waals surface area (Å²) >= 11 is 2.15. The number of halogens is 1. The SMILES string of the molecule is CC.CI.CO.COC(=O)c1ccccc1. The number of aliphatic hydroxyl groups excluding tert-OH is 1. The van der Waals surface area contributed by atoms with Gasteiger partial charge in [-0.25, -0.2) is 4.79 Å². The highest BCUT2D eigenvalue weighted by Gasteiger charge is 2.00. The predicted octanol–water partition coefficient (Wildman–Crippen LogP) is 3.16. The molecule has 0 heterocycles. The highest BCUT2D eigenvalue weighted by atomic mass is 127. The number of hydrogen-bond acceptors (Lipinski definition) is 3. The van der Waals surface area contributed by atoms with Gasteiger partial charge < -0.3 is 9.84 Å². The molecule has 16 heavy (non-hydrogen) atoms. The monoisotopic (exact) mass is 340 g/mol. The molecule has 0 amide bonds. The number of benzene rings is 1. The molecule has 0 unspecified atom stereocenters. The molecular formula is C12H21IO3. The fraction of sp³-hybridized carbons (Fsp3) is 0.417. The van der Waals surface area contributed by atoms with Crippen molar-refractivity contribution in [3.8, 4) is 0 Å². The number of carbonyl (C=O) groups is 1. The van der Waals surface area contributed by atoms with Crippen LogP contribution >= 0.6 is 22.6 Å². The minimum atomic E-state index is -0.291. The zero-order valence-electron chi connectivity index (χ0n) is 10.5. The number of alkyl halides is 1.